The van der Waals surface area contributed by atoms with Gasteiger partial charge in [-0.05, 0) is 42.0 Å². The minimum atomic E-state index is -2.98. The van der Waals surface area contributed by atoms with Gasteiger partial charge in [-0.1, -0.05) is 12.1 Å². The van der Waals surface area contributed by atoms with E-state index in [2.05, 4.69) is 4.74 Å². The van der Waals surface area contributed by atoms with E-state index < -0.39 is 6.61 Å². The Labute approximate surface area is 178 Å². The first-order valence-corrected chi connectivity index (χ1v) is 10.6. The molecule has 1 fully saturated rings. The van der Waals surface area contributed by atoms with E-state index in [1.807, 2.05) is 24.3 Å². The van der Waals surface area contributed by atoms with Crippen molar-refractivity contribution in [3.8, 4) is 11.5 Å². The van der Waals surface area contributed by atoms with Gasteiger partial charge in [0, 0.05) is 32.6 Å². The molecular weight excluding hydrogens is 414 g/mol. The number of rotatable bonds is 7. The van der Waals surface area contributed by atoms with Gasteiger partial charge in [0.25, 0.3) is 5.91 Å². The number of methoxy groups -OCH3 is 1. The maximum absolute atomic E-state index is 12.8. The largest absolute Gasteiger partial charge is 0.497 e. The molecule has 0 bridgehead atoms. The number of carbonyl (C=O) groups excluding carboxylic acids is 2. The highest BCUT2D eigenvalue weighted by atomic mass is 32.1. The molecule has 1 aliphatic rings. The molecule has 3 rings (SSSR count). The van der Waals surface area contributed by atoms with E-state index in [0.29, 0.717) is 45.4 Å². The summed E-state index contributed by atoms with van der Waals surface area (Å²) in [5.41, 5.74) is 1.06. The van der Waals surface area contributed by atoms with Gasteiger partial charge in [-0.3, -0.25) is 9.59 Å². The second kappa shape index (κ2) is 10.4. The lowest BCUT2D eigenvalue weighted by Gasteiger charge is -2.22. The molecule has 0 atom stereocenters. The number of amides is 2. The summed E-state index contributed by atoms with van der Waals surface area (Å²) in [5, 5.41) is 1.55. The van der Waals surface area contributed by atoms with Gasteiger partial charge in [-0.25, -0.2) is 0 Å². The Hall–Kier alpha value is -2.68. The molecule has 0 unspecified atom stereocenters. The summed E-state index contributed by atoms with van der Waals surface area (Å²) in [6.45, 7) is -1.17. The number of hydrogen-bond donors (Lipinski definition) is 0. The van der Waals surface area contributed by atoms with Crippen molar-refractivity contribution in [2.75, 3.05) is 33.3 Å². The SMILES string of the molecule is COc1ccc(CCC(=O)N2CCCN(C(=O)c3sccc3OC(F)F)CC2)cc1. The number of hydrogen-bond acceptors (Lipinski definition) is 5. The summed E-state index contributed by atoms with van der Waals surface area (Å²) in [6, 6.07) is 8.98. The summed E-state index contributed by atoms with van der Waals surface area (Å²) >= 11 is 1.08. The summed E-state index contributed by atoms with van der Waals surface area (Å²) in [4.78, 5) is 28.9. The van der Waals surface area contributed by atoms with Gasteiger partial charge < -0.3 is 19.3 Å². The van der Waals surface area contributed by atoms with Crippen LogP contribution in [0.3, 0.4) is 0 Å². The van der Waals surface area contributed by atoms with Crippen molar-refractivity contribution in [3.05, 3.63) is 46.2 Å². The minimum Gasteiger partial charge on any atom is -0.497 e. The van der Waals surface area contributed by atoms with Crippen molar-refractivity contribution in [1.82, 2.24) is 9.80 Å². The third-order valence-electron chi connectivity index (χ3n) is 4.96. The fraction of sp³-hybridized carbons (Fsp3) is 0.429. The Kier molecular flexibility index (Phi) is 7.62. The average molecular weight is 438 g/mol. The number of halogens is 2. The van der Waals surface area contributed by atoms with Gasteiger partial charge in [-0.15, -0.1) is 11.3 Å². The standard InChI is InChI=1S/C21H24F2N2O4S/c1-28-16-6-3-15(4-7-16)5-8-18(26)24-10-2-11-25(13-12-24)20(27)19-17(9-14-30-19)29-21(22)23/h3-4,6-7,9,14,21H,2,5,8,10-13H2,1H3. The van der Waals surface area contributed by atoms with Crippen molar-refractivity contribution in [2.24, 2.45) is 0 Å². The third-order valence-corrected chi connectivity index (χ3v) is 5.85. The number of nitrogens with zero attached hydrogens (tertiary/aromatic N) is 2. The van der Waals surface area contributed by atoms with Crippen LogP contribution in [0.25, 0.3) is 0 Å². The second-order valence-electron chi connectivity index (χ2n) is 6.87. The fourth-order valence-electron chi connectivity index (χ4n) is 3.36. The maximum atomic E-state index is 12.8. The molecule has 1 aromatic carbocycles. The van der Waals surface area contributed by atoms with Crippen molar-refractivity contribution in [3.63, 3.8) is 0 Å². The highest BCUT2D eigenvalue weighted by molar-refractivity contribution is 7.12. The van der Waals surface area contributed by atoms with Crippen LogP contribution in [0, 0.1) is 0 Å². The summed E-state index contributed by atoms with van der Waals surface area (Å²) < 4.78 is 34.6. The lowest BCUT2D eigenvalue weighted by atomic mass is 10.1. The Balaban J connectivity index is 1.53. The molecule has 2 aromatic rings. The van der Waals surface area contributed by atoms with Gasteiger partial charge in [0.1, 0.15) is 16.4 Å². The quantitative estimate of drug-likeness (QED) is 0.662. The van der Waals surface area contributed by atoms with Crippen molar-refractivity contribution in [2.45, 2.75) is 25.9 Å². The Morgan fingerprint density at radius 2 is 1.77 bits per heavy atom. The molecular formula is C21H24F2N2O4S. The highest BCUT2D eigenvalue weighted by Gasteiger charge is 2.26. The third kappa shape index (κ3) is 5.69. The van der Waals surface area contributed by atoms with E-state index in [1.165, 1.54) is 6.07 Å². The molecule has 6 nitrogen and oxygen atoms in total. The zero-order valence-corrected chi connectivity index (χ0v) is 17.5. The molecule has 0 aliphatic carbocycles. The van der Waals surface area contributed by atoms with Crippen LogP contribution in [0.4, 0.5) is 8.78 Å². The minimum absolute atomic E-state index is 0.0398. The average Bonchev–Trinajstić information content (AvgIpc) is 3.05. The molecule has 0 spiro atoms. The van der Waals surface area contributed by atoms with E-state index in [0.717, 1.165) is 22.6 Å². The van der Waals surface area contributed by atoms with Gasteiger partial charge >= 0.3 is 6.61 Å². The number of ether oxygens (including phenoxy) is 2. The Morgan fingerprint density at radius 3 is 2.47 bits per heavy atom. The topological polar surface area (TPSA) is 59.1 Å². The fourth-order valence-corrected chi connectivity index (χ4v) is 4.15. The molecule has 1 aromatic heterocycles. The number of aryl methyl sites for hydroxylation is 1. The molecule has 9 heteroatoms. The Morgan fingerprint density at radius 1 is 1.07 bits per heavy atom. The zero-order valence-electron chi connectivity index (χ0n) is 16.7. The molecule has 1 aliphatic heterocycles. The van der Waals surface area contributed by atoms with E-state index in [4.69, 9.17) is 4.74 Å². The van der Waals surface area contributed by atoms with Gasteiger partial charge in [0.05, 0.1) is 7.11 Å². The first-order valence-electron chi connectivity index (χ1n) is 9.70. The number of alkyl halides is 2. The van der Waals surface area contributed by atoms with Crippen LogP contribution in [0.1, 0.15) is 28.1 Å². The van der Waals surface area contributed by atoms with Crippen molar-refractivity contribution >= 4 is 23.2 Å². The van der Waals surface area contributed by atoms with Crippen LogP contribution in [0.15, 0.2) is 35.7 Å². The maximum Gasteiger partial charge on any atom is 0.387 e. The van der Waals surface area contributed by atoms with Crippen LogP contribution in [-0.4, -0.2) is 61.5 Å². The predicted octanol–water partition coefficient (Wildman–Crippen LogP) is 3.67. The van der Waals surface area contributed by atoms with E-state index >= 15 is 0 Å². The van der Waals surface area contributed by atoms with Crippen LogP contribution < -0.4 is 9.47 Å². The first-order chi connectivity index (χ1) is 14.5. The van der Waals surface area contributed by atoms with Crippen LogP contribution in [0.5, 0.6) is 11.5 Å². The molecule has 162 valence electrons. The predicted molar refractivity (Wildman–Crippen MR) is 109 cm³/mol. The number of benzene rings is 1. The normalized spacial score (nSPS) is 14.5. The van der Waals surface area contributed by atoms with E-state index in [-0.39, 0.29) is 22.4 Å². The van der Waals surface area contributed by atoms with Crippen molar-refractivity contribution < 1.29 is 27.8 Å². The molecule has 30 heavy (non-hydrogen) atoms. The molecule has 0 radical (unpaired) electrons. The lowest BCUT2D eigenvalue weighted by Crippen LogP contribution is -2.37. The highest BCUT2D eigenvalue weighted by Crippen LogP contribution is 2.28. The van der Waals surface area contributed by atoms with Crippen molar-refractivity contribution in [1.29, 1.82) is 0 Å². The van der Waals surface area contributed by atoms with Crippen LogP contribution in [-0.2, 0) is 11.2 Å². The smallest absolute Gasteiger partial charge is 0.387 e. The molecule has 2 amide bonds. The monoisotopic (exact) mass is 438 g/mol. The van der Waals surface area contributed by atoms with E-state index in [9.17, 15) is 18.4 Å². The summed E-state index contributed by atoms with van der Waals surface area (Å²) in [6.07, 6.45) is 1.65. The number of carbonyl (C=O) groups is 2. The molecule has 2 heterocycles. The summed E-state index contributed by atoms with van der Waals surface area (Å²) in [7, 11) is 1.61. The lowest BCUT2D eigenvalue weighted by molar-refractivity contribution is -0.131. The second-order valence-corrected chi connectivity index (χ2v) is 7.78. The van der Waals surface area contributed by atoms with Crippen LogP contribution >= 0.6 is 11.3 Å². The molecule has 0 saturated carbocycles. The first kappa shape index (κ1) is 22.0. The van der Waals surface area contributed by atoms with Gasteiger partial charge in [0.2, 0.25) is 5.91 Å². The summed E-state index contributed by atoms with van der Waals surface area (Å²) in [5.74, 6) is 0.373. The van der Waals surface area contributed by atoms with E-state index in [1.54, 1.807) is 22.3 Å². The van der Waals surface area contributed by atoms with Gasteiger partial charge in [-0.2, -0.15) is 8.78 Å². The van der Waals surface area contributed by atoms with Gasteiger partial charge in [0.15, 0.2) is 0 Å². The Bertz CT molecular complexity index is 857. The zero-order chi connectivity index (χ0) is 21.5. The van der Waals surface area contributed by atoms with Crippen LogP contribution in [0.2, 0.25) is 0 Å². The number of thiophene rings is 1. The molecule has 0 N–H and O–H groups in total. The molecule has 1 saturated heterocycles.